The molecule has 3 saturated heterocycles. The van der Waals surface area contributed by atoms with Gasteiger partial charge in [-0.1, -0.05) is 24.5 Å². The summed E-state index contributed by atoms with van der Waals surface area (Å²) in [5.41, 5.74) is 11.8. The van der Waals surface area contributed by atoms with Crippen LogP contribution in [0.4, 0.5) is 11.8 Å². The normalized spacial score (nSPS) is 35.4. The van der Waals surface area contributed by atoms with Crippen LogP contribution in [0.3, 0.4) is 0 Å². The van der Waals surface area contributed by atoms with Crippen molar-refractivity contribution in [2.45, 2.75) is 43.1 Å². The monoisotopic (exact) mass is 673 g/mol. The first-order valence-corrected chi connectivity index (χ1v) is 18.2. The van der Waals surface area contributed by atoms with Crippen molar-refractivity contribution in [3.8, 4) is 0 Å². The second-order valence-electron chi connectivity index (χ2n) is 10.1. The molecule has 0 radical (unpaired) electrons. The number of thiol groups is 2. The van der Waals surface area contributed by atoms with E-state index in [1.165, 1.54) is 17.2 Å². The Morgan fingerprint density at radius 2 is 1.77 bits per heavy atom. The predicted molar refractivity (Wildman–Crippen MR) is 157 cm³/mol. The highest BCUT2D eigenvalue weighted by atomic mass is 32.7. The molecule has 22 heteroatoms. The fourth-order valence-corrected chi connectivity index (χ4v) is 8.48. The van der Waals surface area contributed by atoms with Crippen molar-refractivity contribution in [1.82, 2.24) is 34.1 Å². The molecule has 3 aliphatic rings. The number of H-pyrrole nitrogens is 1. The van der Waals surface area contributed by atoms with Crippen LogP contribution in [0.1, 0.15) is 18.7 Å². The molecule has 4 aromatic rings. The van der Waals surface area contributed by atoms with E-state index >= 15 is 0 Å². The summed E-state index contributed by atoms with van der Waals surface area (Å²) in [7, 11) is 0. The van der Waals surface area contributed by atoms with E-state index in [1.807, 2.05) is 0 Å². The van der Waals surface area contributed by atoms with Crippen molar-refractivity contribution in [3.05, 3.63) is 35.3 Å². The minimum Gasteiger partial charge on any atom is -0.383 e. The number of hydrogen-bond donors (Lipinski definition) is 5. The molecule has 5 N–H and O–H groups in total. The average molecular weight is 674 g/mol. The van der Waals surface area contributed by atoms with Crippen LogP contribution in [-0.2, 0) is 36.7 Å². The molecule has 0 spiro atoms. The zero-order chi connectivity index (χ0) is 30.1. The molecule has 0 aromatic carbocycles. The van der Waals surface area contributed by atoms with Crippen LogP contribution in [0.2, 0.25) is 0 Å². The van der Waals surface area contributed by atoms with E-state index < -0.39 is 55.8 Å². The van der Waals surface area contributed by atoms with Gasteiger partial charge in [-0.15, -0.1) is 0 Å². The number of nitrogens with zero attached hydrogens (tertiary/aromatic N) is 6. The highest BCUT2D eigenvalue weighted by molar-refractivity contribution is 8.44. The highest BCUT2D eigenvalue weighted by Crippen LogP contribution is 2.60. The van der Waals surface area contributed by atoms with Gasteiger partial charge in [0.1, 0.15) is 36.1 Å². The predicted octanol–water partition coefficient (Wildman–Crippen LogP) is 1.85. The molecule has 8 atom stereocenters. The molecule has 18 nitrogen and oxygen atoms in total. The molecule has 3 aliphatic heterocycles. The van der Waals surface area contributed by atoms with Crippen LogP contribution in [0.25, 0.3) is 22.2 Å². The Morgan fingerprint density at radius 3 is 2.60 bits per heavy atom. The molecule has 4 aromatic heterocycles. The third-order valence-electron chi connectivity index (χ3n) is 7.34. The minimum atomic E-state index is -4.06. The van der Waals surface area contributed by atoms with E-state index in [-0.39, 0.29) is 49.2 Å². The summed E-state index contributed by atoms with van der Waals surface area (Å²) in [5.74, 6) is 0.152. The van der Waals surface area contributed by atoms with Crippen LogP contribution in [0, 0.1) is 0 Å². The van der Waals surface area contributed by atoms with E-state index in [4.69, 9.17) is 39.0 Å². The lowest BCUT2D eigenvalue weighted by molar-refractivity contribution is -0.0490. The first-order chi connectivity index (χ1) is 20.5. The molecule has 0 aliphatic carbocycles. The van der Waals surface area contributed by atoms with Crippen molar-refractivity contribution in [2.24, 2.45) is 0 Å². The topological polar surface area (TPSA) is 236 Å². The third kappa shape index (κ3) is 5.50. The summed E-state index contributed by atoms with van der Waals surface area (Å²) in [4.78, 5) is 31.3. The number of imidazole rings is 1. The maximum atomic E-state index is 13.5. The van der Waals surface area contributed by atoms with Gasteiger partial charge in [-0.25, -0.2) is 24.1 Å². The Balaban J connectivity index is 1.19. The van der Waals surface area contributed by atoms with Crippen molar-refractivity contribution < 1.29 is 36.7 Å². The molecule has 0 amide bonds. The Bertz CT molecular complexity index is 1870. The molecule has 7 rings (SSSR count). The Kier molecular flexibility index (Phi) is 7.36. The lowest BCUT2D eigenvalue weighted by Crippen LogP contribution is -2.33. The van der Waals surface area contributed by atoms with Gasteiger partial charge in [0.2, 0.25) is 5.95 Å². The number of hydrogen-bond acceptors (Lipinski definition) is 15. The number of nitrogens with two attached hydrogens (primary N) is 2. The van der Waals surface area contributed by atoms with E-state index in [0.717, 1.165) is 0 Å². The van der Waals surface area contributed by atoms with E-state index in [1.54, 1.807) is 16.8 Å². The average Bonchev–Trinajstić information content (AvgIpc) is 3.71. The number of aromatic nitrogens is 7. The van der Waals surface area contributed by atoms with Gasteiger partial charge < -0.3 is 25.5 Å². The van der Waals surface area contributed by atoms with E-state index in [9.17, 15) is 13.9 Å². The van der Waals surface area contributed by atoms with Crippen molar-refractivity contribution in [2.75, 3.05) is 31.3 Å². The number of rotatable bonds is 2. The lowest BCUT2D eigenvalue weighted by Gasteiger charge is -2.28. The molecular weight excluding hydrogens is 648 g/mol. The van der Waals surface area contributed by atoms with Gasteiger partial charge in [-0.3, -0.25) is 32.4 Å². The van der Waals surface area contributed by atoms with Gasteiger partial charge in [0, 0.05) is 12.6 Å². The van der Waals surface area contributed by atoms with Crippen LogP contribution >= 0.6 is 38.1 Å². The quantitative estimate of drug-likeness (QED) is 0.151. The molecule has 2 bridgehead atoms. The van der Waals surface area contributed by atoms with Gasteiger partial charge >= 0.3 is 13.6 Å². The maximum absolute atomic E-state index is 13.5. The first kappa shape index (κ1) is 29.2. The Hall–Kier alpha value is -2.51. The second-order valence-corrected chi connectivity index (χ2v) is 15.8. The highest BCUT2D eigenvalue weighted by Gasteiger charge is 2.48. The minimum absolute atomic E-state index is 0.00724. The standard InChI is InChI=1S/C21H25N9O9P2S2/c22-16-10-1-2-29(17(10)25-7-24-16)11-5-34-13-6-36-40(32,42)38-12-3-9(4-35-41(33,43)39-15(11)13)37-20(12)30-8-26-14-18(30)27-21(23)28-19(14)31/h1-2,7-9,11-13,15,20H,3-6H2,(H,32,42)(H,33,43)(H2,22,24,25)(H3,23,27,28,31)/t9-,11?,12+,13+,15+,20+,40?,41?/m0/s1. The smallest absolute Gasteiger partial charge is 0.383 e. The number of aromatic amines is 1. The van der Waals surface area contributed by atoms with Crippen molar-refractivity contribution in [3.63, 3.8) is 0 Å². The molecule has 7 heterocycles. The number of anilines is 2. The molecule has 3 unspecified atom stereocenters. The van der Waals surface area contributed by atoms with Gasteiger partial charge in [0.25, 0.3) is 5.56 Å². The zero-order valence-corrected chi connectivity index (χ0v) is 25.5. The van der Waals surface area contributed by atoms with Gasteiger partial charge in [-0.2, -0.15) is 4.98 Å². The zero-order valence-electron chi connectivity index (χ0n) is 21.9. The van der Waals surface area contributed by atoms with Crippen LogP contribution in [-0.4, -0.2) is 78.3 Å². The fraction of sp³-hybridized carbons (Fsp3) is 0.476. The van der Waals surface area contributed by atoms with Crippen LogP contribution in [0.5, 0.6) is 0 Å². The van der Waals surface area contributed by atoms with Crippen LogP contribution < -0.4 is 17.0 Å². The Morgan fingerprint density at radius 1 is 0.977 bits per heavy atom. The SMILES string of the molecule is Nc1nc2c(ncn2[C@@H]2O[C@@H]3COP(=O)(S)O[C@@H]4C(n5ccc6c(N)ncnc65)CO[C@@H]4COP(=O)(S)O[C@@H]2C3)c(=O)[nH]1. The van der Waals surface area contributed by atoms with Gasteiger partial charge in [0.15, 0.2) is 17.4 Å². The van der Waals surface area contributed by atoms with Crippen molar-refractivity contribution in [1.29, 1.82) is 0 Å². The first-order valence-electron chi connectivity index (χ1n) is 12.9. The maximum Gasteiger partial charge on any atom is 0.386 e. The van der Waals surface area contributed by atoms with E-state index in [2.05, 4.69) is 49.4 Å². The summed E-state index contributed by atoms with van der Waals surface area (Å²) in [6, 6.07) is 1.18. The molecule has 3 fully saturated rings. The lowest BCUT2D eigenvalue weighted by atomic mass is 10.1. The van der Waals surface area contributed by atoms with Crippen LogP contribution in [0.15, 0.2) is 29.7 Å². The molecule has 43 heavy (non-hydrogen) atoms. The third-order valence-corrected chi connectivity index (χ3v) is 10.6. The molecule has 0 saturated carbocycles. The van der Waals surface area contributed by atoms with Crippen molar-refractivity contribution >= 4 is 72.1 Å². The number of nitrogens with one attached hydrogen (secondary N) is 1. The number of nitrogen functional groups attached to an aromatic ring is 2. The second kappa shape index (κ2) is 10.8. The van der Waals surface area contributed by atoms with E-state index in [0.29, 0.717) is 11.0 Å². The summed E-state index contributed by atoms with van der Waals surface area (Å²) >= 11 is 8.42. The largest absolute Gasteiger partial charge is 0.386 e. The summed E-state index contributed by atoms with van der Waals surface area (Å²) in [5, 5.41) is 0.612. The summed E-state index contributed by atoms with van der Waals surface area (Å²) in [6.45, 7) is -8.56. The molecular formula is C21H25N9O9P2S2. The number of ether oxygens (including phenoxy) is 2. The summed E-state index contributed by atoms with van der Waals surface area (Å²) < 4.78 is 65.4. The van der Waals surface area contributed by atoms with Gasteiger partial charge in [-0.05, 0) is 6.07 Å². The Labute approximate surface area is 252 Å². The summed E-state index contributed by atoms with van der Waals surface area (Å²) in [6.07, 6.45) is -0.0303. The number of fused-ring (bicyclic) bond motifs is 5. The van der Waals surface area contributed by atoms with Gasteiger partial charge in [0.05, 0.1) is 43.7 Å². The molecule has 230 valence electrons. The fourth-order valence-electron chi connectivity index (χ4n) is 5.46.